The van der Waals surface area contributed by atoms with Crippen LogP contribution in [0.25, 0.3) is 11.6 Å². The van der Waals surface area contributed by atoms with E-state index in [2.05, 4.69) is 26.6 Å². The van der Waals surface area contributed by atoms with Gasteiger partial charge >= 0.3 is 0 Å². The van der Waals surface area contributed by atoms with Gasteiger partial charge in [-0.3, -0.25) is 14.5 Å². The summed E-state index contributed by atoms with van der Waals surface area (Å²) in [7, 11) is 0. The smallest absolute Gasteiger partial charge is 0.256 e. The molecule has 2 amide bonds. The van der Waals surface area contributed by atoms with Crippen molar-refractivity contribution < 1.29 is 14.3 Å². The van der Waals surface area contributed by atoms with Crippen molar-refractivity contribution in [3.8, 4) is 0 Å². The third-order valence-electron chi connectivity index (χ3n) is 8.22. The van der Waals surface area contributed by atoms with Crippen LogP contribution in [0.3, 0.4) is 0 Å². The van der Waals surface area contributed by atoms with Crippen molar-refractivity contribution in [2.24, 2.45) is 0 Å². The molecule has 190 valence electrons. The molecule has 4 aliphatic rings. The van der Waals surface area contributed by atoms with Gasteiger partial charge in [-0.25, -0.2) is 0 Å². The van der Waals surface area contributed by atoms with Gasteiger partial charge in [0.15, 0.2) is 0 Å². The first-order valence-corrected chi connectivity index (χ1v) is 13.3. The first-order valence-electron chi connectivity index (χ1n) is 13.3. The fourth-order valence-electron chi connectivity index (χ4n) is 6.14. The first-order chi connectivity index (χ1) is 17.6. The monoisotopic (exact) mass is 489 g/mol. The van der Waals surface area contributed by atoms with E-state index in [-0.39, 0.29) is 11.8 Å². The molecule has 0 unspecified atom stereocenters. The number of aromatic amines is 1. The lowest BCUT2D eigenvalue weighted by molar-refractivity contribution is -0.110. The summed E-state index contributed by atoms with van der Waals surface area (Å²) in [6.45, 7) is 9.71. The molecule has 1 aromatic heterocycles. The van der Waals surface area contributed by atoms with E-state index in [0.717, 1.165) is 112 Å². The van der Waals surface area contributed by atoms with Gasteiger partial charge in [-0.15, -0.1) is 0 Å². The van der Waals surface area contributed by atoms with Crippen molar-refractivity contribution >= 4 is 29.2 Å². The number of nitrogens with zero attached hydrogens (tertiary/aromatic N) is 2. The Morgan fingerprint density at radius 3 is 2.67 bits per heavy atom. The highest BCUT2D eigenvalue weighted by molar-refractivity contribution is 6.35. The zero-order valence-electron chi connectivity index (χ0n) is 21.0. The van der Waals surface area contributed by atoms with Gasteiger partial charge in [0.25, 0.3) is 11.8 Å². The fourth-order valence-corrected chi connectivity index (χ4v) is 6.14. The van der Waals surface area contributed by atoms with Gasteiger partial charge < -0.3 is 25.3 Å². The fraction of sp³-hybridized carbons (Fsp3) is 0.500. The second-order valence-corrected chi connectivity index (χ2v) is 10.3. The highest BCUT2D eigenvalue weighted by atomic mass is 16.5. The molecule has 0 atom stereocenters. The van der Waals surface area contributed by atoms with E-state index in [9.17, 15) is 9.59 Å². The van der Waals surface area contributed by atoms with Crippen molar-refractivity contribution in [2.75, 3.05) is 64.3 Å². The van der Waals surface area contributed by atoms with Crippen LogP contribution >= 0.6 is 0 Å². The van der Waals surface area contributed by atoms with E-state index >= 15 is 0 Å². The van der Waals surface area contributed by atoms with E-state index in [1.54, 1.807) is 0 Å². The number of aromatic nitrogens is 1. The molecule has 1 aromatic carbocycles. The lowest BCUT2D eigenvalue weighted by Crippen LogP contribution is -2.45. The average Bonchev–Trinajstić information content (AvgIpc) is 3.41. The molecule has 3 N–H and O–H groups in total. The highest BCUT2D eigenvalue weighted by Gasteiger charge is 2.32. The van der Waals surface area contributed by atoms with Crippen LogP contribution in [0.15, 0.2) is 18.2 Å². The maximum Gasteiger partial charge on any atom is 0.256 e. The molecule has 0 spiro atoms. The number of carbonyl (C=O) groups is 2. The molecule has 0 saturated carbocycles. The number of hydrogen-bond donors (Lipinski definition) is 3. The van der Waals surface area contributed by atoms with Crippen molar-refractivity contribution in [3.63, 3.8) is 0 Å². The Morgan fingerprint density at radius 1 is 1.06 bits per heavy atom. The van der Waals surface area contributed by atoms with Crippen LogP contribution in [0, 0.1) is 6.92 Å². The number of carbonyl (C=O) groups excluding carboxylic acids is 2. The van der Waals surface area contributed by atoms with E-state index in [1.165, 1.54) is 5.56 Å². The number of anilines is 1. The molecule has 8 heteroatoms. The van der Waals surface area contributed by atoms with Gasteiger partial charge in [-0.05, 0) is 62.0 Å². The van der Waals surface area contributed by atoms with Gasteiger partial charge in [0.05, 0.1) is 24.4 Å². The summed E-state index contributed by atoms with van der Waals surface area (Å²) >= 11 is 0. The Labute approximate surface area is 212 Å². The van der Waals surface area contributed by atoms with Gasteiger partial charge in [-0.1, -0.05) is 12.1 Å². The van der Waals surface area contributed by atoms with Crippen molar-refractivity contribution in [3.05, 3.63) is 51.8 Å². The van der Waals surface area contributed by atoms with Gasteiger partial charge in [-0.2, -0.15) is 0 Å². The summed E-state index contributed by atoms with van der Waals surface area (Å²) < 4.78 is 5.44. The van der Waals surface area contributed by atoms with E-state index in [0.29, 0.717) is 11.5 Å². The Hall–Kier alpha value is -2.94. The van der Waals surface area contributed by atoms with Crippen LogP contribution in [0.2, 0.25) is 0 Å². The maximum absolute atomic E-state index is 13.4. The normalized spacial score (nSPS) is 22.1. The van der Waals surface area contributed by atoms with Crippen molar-refractivity contribution in [1.82, 2.24) is 20.1 Å². The number of ether oxygens (including phenoxy) is 1. The number of H-pyrrole nitrogens is 1. The van der Waals surface area contributed by atoms with E-state index in [1.807, 2.05) is 30.0 Å². The highest BCUT2D eigenvalue weighted by Crippen LogP contribution is 2.41. The molecular formula is C28H35N5O3. The summed E-state index contributed by atoms with van der Waals surface area (Å²) in [5.41, 5.74) is 7.41. The molecule has 0 aliphatic carbocycles. The summed E-state index contributed by atoms with van der Waals surface area (Å²) in [5, 5.41) is 6.50. The Bertz CT molecular complexity index is 1200. The number of piperidine rings is 1. The Balaban J connectivity index is 1.27. The van der Waals surface area contributed by atoms with E-state index in [4.69, 9.17) is 4.74 Å². The standard InChI is InChI=1S/C28H35N5O3/c1-18-24(30-23-7-10-33(28(35)25(18)23)12-11-32-13-15-36-16-14-32)17-21-26-20(19-5-8-29-9-6-19)3-2-4-22(26)31-27(21)34/h2-4,17,19,29-30H,5-16H2,1H3,(H,31,34)/b21-17-. The lowest BCUT2D eigenvalue weighted by Gasteiger charge is -2.32. The molecule has 2 saturated heterocycles. The molecule has 4 aliphatic heterocycles. The van der Waals surface area contributed by atoms with Crippen molar-refractivity contribution in [2.45, 2.75) is 32.1 Å². The third-order valence-corrected chi connectivity index (χ3v) is 8.22. The molecule has 8 nitrogen and oxygen atoms in total. The minimum Gasteiger partial charge on any atom is -0.379 e. The number of fused-ring (bicyclic) bond motifs is 2. The number of nitrogens with one attached hydrogen (secondary N) is 3. The Kier molecular flexibility index (Phi) is 6.41. The van der Waals surface area contributed by atoms with Crippen LogP contribution in [0.1, 0.15) is 57.2 Å². The minimum atomic E-state index is -0.0724. The molecule has 5 heterocycles. The first kappa shape index (κ1) is 23.5. The summed E-state index contributed by atoms with van der Waals surface area (Å²) in [4.78, 5) is 34.4. The number of rotatable bonds is 5. The molecular weight excluding hydrogens is 454 g/mol. The average molecular weight is 490 g/mol. The largest absolute Gasteiger partial charge is 0.379 e. The van der Waals surface area contributed by atoms with Crippen LogP contribution < -0.4 is 10.6 Å². The lowest BCUT2D eigenvalue weighted by atomic mass is 9.85. The van der Waals surface area contributed by atoms with Gasteiger partial charge in [0.2, 0.25) is 0 Å². The maximum atomic E-state index is 13.4. The van der Waals surface area contributed by atoms with Crippen LogP contribution in [0.5, 0.6) is 0 Å². The van der Waals surface area contributed by atoms with Crippen LogP contribution in [-0.4, -0.2) is 85.6 Å². The number of benzene rings is 1. The number of morpholine rings is 1. The number of amides is 2. The zero-order chi connectivity index (χ0) is 24.6. The van der Waals surface area contributed by atoms with Crippen LogP contribution in [-0.2, 0) is 16.0 Å². The second kappa shape index (κ2) is 9.84. The predicted molar refractivity (Wildman–Crippen MR) is 140 cm³/mol. The zero-order valence-corrected chi connectivity index (χ0v) is 21.0. The predicted octanol–water partition coefficient (Wildman–Crippen LogP) is 2.61. The molecule has 0 bridgehead atoms. The quantitative estimate of drug-likeness (QED) is 0.562. The summed E-state index contributed by atoms with van der Waals surface area (Å²) in [6, 6.07) is 6.20. The second-order valence-electron chi connectivity index (χ2n) is 10.3. The van der Waals surface area contributed by atoms with Gasteiger partial charge in [0, 0.05) is 61.8 Å². The van der Waals surface area contributed by atoms with E-state index < -0.39 is 0 Å². The number of hydrogen-bond acceptors (Lipinski definition) is 5. The van der Waals surface area contributed by atoms with Crippen LogP contribution in [0.4, 0.5) is 5.69 Å². The molecule has 36 heavy (non-hydrogen) atoms. The van der Waals surface area contributed by atoms with Crippen molar-refractivity contribution in [1.29, 1.82) is 0 Å². The molecule has 6 rings (SSSR count). The molecule has 0 radical (unpaired) electrons. The molecule has 2 aromatic rings. The minimum absolute atomic E-state index is 0.0724. The summed E-state index contributed by atoms with van der Waals surface area (Å²) in [6.07, 6.45) is 4.91. The Morgan fingerprint density at radius 2 is 1.86 bits per heavy atom. The molecule has 2 fully saturated rings. The summed E-state index contributed by atoms with van der Waals surface area (Å²) in [5.74, 6) is 0.461. The third kappa shape index (κ3) is 4.27. The SMILES string of the molecule is Cc1c(/C=C2\C(=O)Nc3cccc(C4CCNCC4)c32)[nH]c2c1C(=O)N(CCN1CCOCC1)CC2. The topological polar surface area (TPSA) is 89.7 Å². The van der Waals surface area contributed by atoms with Gasteiger partial charge in [0.1, 0.15) is 0 Å².